The summed E-state index contributed by atoms with van der Waals surface area (Å²) in [6.07, 6.45) is 1.55. The summed E-state index contributed by atoms with van der Waals surface area (Å²) in [6, 6.07) is 4.68. The lowest BCUT2D eigenvalue weighted by Crippen LogP contribution is -2.11. The van der Waals surface area contributed by atoms with Crippen LogP contribution in [0.1, 0.15) is 0 Å². The molecular formula is C11H9BrFN7. The van der Waals surface area contributed by atoms with Crippen LogP contribution in [0.5, 0.6) is 0 Å². The van der Waals surface area contributed by atoms with Crippen molar-refractivity contribution in [2.75, 3.05) is 10.7 Å². The van der Waals surface area contributed by atoms with Crippen LogP contribution in [0.25, 0.3) is 11.0 Å². The summed E-state index contributed by atoms with van der Waals surface area (Å²) in [7, 11) is 0. The van der Waals surface area contributed by atoms with Gasteiger partial charge in [-0.2, -0.15) is 15.1 Å². The van der Waals surface area contributed by atoms with Gasteiger partial charge in [-0.05, 0) is 18.2 Å². The first kappa shape index (κ1) is 12.8. The average molecular weight is 338 g/mol. The third-order valence-corrected chi connectivity index (χ3v) is 3.12. The number of anilines is 3. The number of nitrogens with two attached hydrogens (primary N) is 1. The number of H-pyrrole nitrogens is 1. The van der Waals surface area contributed by atoms with E-state index in [2.05, 4.69) is 46.8 Å². The SMILES string of the molecule is NNc1nc(Nc2ccc(Br)cc2F)c2cn[nH]c2n1. The molecule has 0 fully saturated rings. The fourth-order valence-electron chi connectivity index (χ4n) is 1.71. The number of aromatic amines is 1. The second-order valence-corrected chi connectivity index (χ2v) is 4.84. The lowest BCUT2D eigenvalue weighted by atomic mass is 10.3. The first-order valence-electron chi connectivity index (χ1n) is 5.57. The fraction of sp³-hybridized carbons (Fsp3) is 0. The molecule has 0 spiro atoms. The molecule has 0 bridgehead atoms. The summed E-state index contributed by atoms with van der Waals surface area (Å²) in [6.45, 7) is 0. The van der Waals surface area contributed by atoms with Gasteiger partial charge in [-0.1, -0.05) is 15.9 Å². The van der Waals surface area contributed by atoms with E-state index in [1.165, 1.54) is 6.07 Å². The van der Waals surface area contributed by atoms with Crippen molar-refractivity contribution in [1.82, 2.24) is 20.2 Å². The number of fused-ring (bicyclic) bond motifs is 1. The van der Waals surface area contributed by atoms with Crippen LogP contribution in [0.15, 0.2) is 28.9 Å². The van der Waals surface area contributed by atoms with Gasteiger partial charge in [0.2, 0.25) is 5.95 Å². The van der Waals surface area contributed by atoms with Crippen LogP contribution in [0.3, 0.4) is 0 Å². The molecule has 2 aromatic heterocycles. The standard InChI is InChI=1S/C11H9BrFN7/c12-5-1-2-8(7(13)3-5)16-9-6-4-15-20-10(6)18-11(17-9)19-14/h1-4H,14H2,(H3,15,16,17,18,19,20). The van der Waals surface area contributed by atoms with E-state index in [0.29, 0.717) is 21.3 Å². The molecule has 9 heteroatoms. The predicted molar refractivity (Wildman–Crippen MR) is 76.9 cm³/mol. The Hall–Kier alpha value is -2.26. The van der Waals surface area contributed by atoms with Gasteiger partial charge in [0.05, 0.1) is 17.3 Å². The maximum atomic E-state index is 13.8. The van der Waals surface area contributed by atoms with E-state index in [1.54, 1.807) is 18.3 Å². The maximum Gasteiger partial charge on any atom is 0.241 e. The van der Waals surface area contributed by atoms with Crippen LogP contribution < -0.4 is 16.6 Å². The van der Waals surface area contributed by atoms with Crippen LogP contribution in [0, 0.1) is 5.82 Å². The monoisotopic (exact) mass is 337 g/mol. The number of hydrogen-bond acceptors (Lipinski definition) is 6. The molecule has 0 saturated heterocycles. The molecule has 0 saturated carbocycles. The van der Waals surface area contributed by atoms with Crippen molar-refractivity contribution in [3.8, 4) is 0 Å². The zero-order chi connectivity index (χ0) is 14.1. The molecule has 5 N–H and O–H groups in total. The van der Waals surface area contributed by atoms with E-state index in [-0.39, 0.29) is 11.6 Å². The normalized spacial score (nSPS) is 10.8. The van der Waals surface area contributed by atoms with E-state index < -0.39 is 5.82 Å². The average Bonchev–Trinajstić information content (AvgIpc) is 2.90. The second kappa shape index (κ2) is 5.02. The highest BCUT2D eigenvalue weighted by molar-refractivity contribution is 9.10. The zero-order valence-corrected chi connectivity index (χ0v) is 11.6. The van der Waals surface area contributed by atoms with Gasteiger partial charge in [0.1, 0.15) is 11.6 Å². The molecule has 2 heterocycles. The van der Waals surface area contributed by atoms with Crippen LogP contribution in [0.2, 0.25) is 0 Å². The van der Waals surface area contributed by atoms with Gasteiger partial charge in [-0.3, -0.25) is 10.5 Å². The number of rotatable bonds is 3. The van der Waals surface area contributed by atoms with Crippen molar-refractivity contribution < 1.29 is 4.39 Å². The first-order chi connectivity index (χ1) is 9.67. The number of nitrogens with one attached hydrogen (secondary N) is 3. The first-order valence-corrected chi connectivity index (χ1v) is 6.36. The molecule has 0 unspecified atom stereocenters. The van der Waals surface area contributed by atoms with Crippen molar-refractivity contribution in [3.63, 3.8) is 0 Å². The number of halogens is 2. The minimum absolute atomic E-state index is 0.196. The molecule has 0 amide bonds. The van der Waals surface area contributed by atoms with Gasteiger partial charge in [0.25, 0.3) is 0 Å². The number of hydrogen-bond donors (Lipinski definition) is 4. The van der Waals surface area contributed by atoms with Crippen LogP contribution in [-0.4, -0.2) is 20.2 Å². The predicted octanol–water partition coefficient (Wildman–Crippen LogP) is 2.28. The van der Waals surface area contributed by atoms with E-state index >= 15 is 0 Å². The van der Waals surface area contributed by atoms with Crippen molar-refractivity contribution in [1.29, 1.82) is 0 Å². The Morgan fingerprint density at radius 3 is 2.90 bits per heavy atom. The molecule has 3 aromatic rings. The maximum absolute atomic E-state index is 13.8. The lowest BCUT2D eigenvalue weighted by molar-refractivity contribution is 0.631. The van der Waals surface area contributed by atoms with Gasteiger partial charge in [-0.15, -0.1) is 0 Å². The van der Waals surface area contributed by atoms with Crippen molar-refractivity contribution >= 4 is 44.4 Å². The van der Waals surface area contributed by atoms with E-state index in [1.807, 2.05) is 0 Å². The Morgan fingerprint density at radius 2 is 2.15 bits per heavy atom. The highest BCUT2D eigenvalue weighted by Gasteiger charge is 2.11. The summed E-state index contributed by atoms with van der Waals surface area (Å²) in [4.78, 5) is 8.24. The summed E-state index contributed by atoms with van der Waals surface area (Å²) >= 11 is 3.20. The van der Waals surface area contributed by atoms with E-state index in [9.17, 15) is 4.39 Å². The Kier molecular flexibility index (Phi) is 3.20. The van der Waals surface area contributed by atoms with Gasteiger partial charge < -0.3 is 5.32 Å². The van der Waals surface area contributed by atoms with Crippen LogP contribution in [0.4, 0.5) is 21.8 Å². The topological polar surface area (TPSA) is 105 Å². The quantitative estimate of drug-likeness (QED) is 0.431. The minimum atomic E-state index is -0.406. The van der Waals surface area contributed by atoms with Crippen molar-refractivity contribution in [3.05, 3.63) is 34.7 Å². The van der Waals surface area contributed by atoms with E-state index in [4.69, 9.17) is 5.84 Å². The summed E-state index contributed by atoms with van der Waals surface area (Å²) in [5.74, 6) is 5.50. The van der Waals surface area contributed by atoms with Gasteiger partial charge >= 0.3 is 0 Å². The highest BCUT2D eigenvalue weighted by atomic mass is 79.9. The molecule has 0 aliphatic carbocycles. The van der Waals surface area contributed by atoms with Gasteiger partial charge in [0, 0.05) is 4.47 Å². The molecule has 102 valence electrons. The summed E-state index contributed by atoms with van der Waals surface area (Å²) < 4.78 is 14.5. The van der Waals surface area contributed by atoms with Gasteiger partial charge in [0.15, 0.2) is 5.65 Å². The third kappa shape index (κ3) is 2.28. The molecule has 20 heavy (non-hydrogen) atoms. The molecule has 0 aliphatic rings. The number of aromatic nitrogens is 4. The number of benzene rings is 1. The third-order valence-electron chi connectivity index (χ3n) is 2.62. The number of nitrogens with zero attached hydrogens (tertiary/aromatic N) is 3. The van der Waals surface area contributed by atoms with Gasteiger partial charge in [-0.25, -0.2) is 10.2 Å². The highest BCUT2D eigenvalue weighted by Crippen LogP contribution is 2.26. The Morgan fingerprint density at radius 1 is 1.30 bits per heavy atom. The fourth-order valence-corrected chi connectivity index (χ4v) is 2.05. The van der Waals surface area contributed by atoms with Crippen molar-refractivity contribution in [2.24, 2.45) is 5.84 Å². The summed E-state index contributed by atoms with van der Waals surface area (Å²) in [5.41, 5.74) is 3.13. The Labute approximate surface area is 120 Å². The second-order valence-electron chi connectivity index (χ2n) is 3.92. The molecule has 0 atom stereocenters. The Bertz CT molecular complexity index is 773. The lowest BCUT2D eigenvalue weighted by Gasteiger charge is -2.09. The smallest absolute Gasteiger partial charge is 0.241 e. The minimum Gasteiger partial charge on any atom is -0.337 e. The van der Waals surface area contributed by atoms with E-state index in [0.717, 1.165) is 0 Å². The molecule has 1 aromatic carbocycles. The van der Waals surface area contributed by atoms with Crippen LogP contribution >= 0.6 is 15.9 Å². The molecule has 0 aliphatic heterocycles. The largest absolute Gasteiger partial charge is 0.337 e. The molecule has 7 nitrogen and oxygen atoms in total. The van der Waals surface area contributed by atoms with Crippen LogP contribution in [-0.2, 0) is 0 Å². The number of nitrogen functional groups attached to an aromatic ring is 1. The molecule has 0 radical (unpaired) electrons. The Balaban J connectivity index is 2.07. The molecular weight excluding hydrogens is 329 g/mol. The summed E-state index contributed by atoms with van der Waals surface area (Å²) in [5, 5.41) is 10.1. The zero-order valence-electron chi connectivity index (χ0n) is 9.98. The molecule has 3 rings (SSSR count). The van der Waals surface area contributed by atoms with Crippen molar-refractivity contribution in [2.45, 2.75) is 0 Å². The number of hydrazine groups is 1.